The predicted molar refractivity (Wildman–Crippen MR) is 311 cm³/mol. The van der Waals surface area contributed by atoms with E-state index in [1.807, 2.05) is 0 Å². The molecule has 340 valence electrons. The number of aromatic nitrogens is 5. The highest BCUT2D eigenvalue weighted by Gasteiger charge is 2.28. The number of hydrogen-bond donors (Lipinski definition) is 0. The summed E-state index contributed by atoms with van der Waals surface area (Å²) in [6, 6.07) is 85.2. The number of hydrogen-bond acceptors (Lipinski definition) is 1. The summed E-state index contributed by atoms with van der Waals surface area (Å²) in [6.07, 6.45) is 2.16. The van der Waals surface area contributed by atoms with E-state index in [-0.39, 0.29) is 0 Å². The second kappa shape index (κ2) is 13.9. The summed E-state index contributed by atoms with van der Waals surface area (Å²) in [5, 5.41) is 17.4. The van der Waals surface area contributed by atoms with Gasteiger partial charge in [0.2, 0.25) is 0 Å². The molecule has 11 aromatic carbocycles. The van der Waals surface area contributed by atoms with Crippen LogP contribution in [0.15, 0.2) is 237 Å². The fourth-order valence-electron chi connectivity index (χ4n) is 13.7. The minimum atomic E-state index is 0.982. The average Bonchev–Trinajstić information content (AvgIpc) is 4.31. The molecule has 0 spiro atoms. The molecule has 0 atom stereocenters. The van der Waals surface area contributed by atoms with Crippen molar-refractivity contribution in [3.8, 4) is 33.6 Å². The van der Waals surface area contributed by atoms with Crippen LogP contribution in [0.4, 0.5) is 0 Å². The molecule has 0 radical (unpaired) electrons. The van der Waals surface area contributed by atoms with Crippen molar-refractivity contribution < 1.29 is 0 Å². The van der Waals surface area contributed by atoms with E-state index in [9.17, 15) is 0 Å². The lowest BCUT2D eigenvalue weighted by Gasteiger charge is -2.11. The van der Waals surface area contributed by atoms with E-state index in [2.05, 4.69) is 255 Å². The number of pyridine rings is 1. The summed E-state index contributed by atoms with van der Waals surface area (Å²) in [7, 11) is 0. The van der Waals surface area contributed by atoms with E-state index in [1.54, 1.807) is 0 Å². The van der Waals surface area contributed by atoms with Crippen molar-refractivity contribution in [2.75, 3.05) is 0 Å². The van der Waals surface area contributed by atoms with Crippen molar-refractivity contribution in [3.63, 3.8) is 0 Å². The van der Waals surface area contributed by atoms with Gasteiger partial charge in [0.05, 0.1) is 55.8 Å². The van der Waals surface area contributed by atoms with E-state index in [4.69, 9.17) is 4.98 Å². The zero-order chi connectivity index (χ0) is 47.9. The second-order valence-corrected chi connectivity index (χ2v) is 20.2. The Kier molecular flexibility index (Phi) is 7.28. The first-order chi connectivity index (χ1) is 36.8. The third-order valence-corrected chi connectivity index (χ3v) is 16.6. The molecule has 0 saturated heterocycles. The smallest absolute Gasteiger partial charge is 0.146 e. The van der Waals surface area contributed by atoms with Crippen LogP contribution in [0.3, 0.4) is 0 Å². The van der Waals surface area contributed by atoms with Gasteiger partial charge < -0.3 is 13.5 Å². The van der Waals surface area contributed by atoms with Gasteiger partial charge in [-0.25, -0.2) is 4.98 Å². The number of nitrogens with zero attached hydrogens (tertiary/aromatic N) is 5. The molecular formula is C69H39N5. The van der Waals surface area contributed by atoms with Crippen molar-refractivity contribution in [2.24, 2.45) is 0 Å². The fourth-order valence-corrected chi connectivity index (χ4v) is 13.7. The van der Waals surface area contributed by atoms with Crippen molar-refractivity contribution >= 4 is 131 Å². The molecule has 0 fully saturated rings. The normalized spacial score (nSPS) is 12.6. The lowest BCUT2D eigenvalue weighted by molar-refractivity contribution is 1.18. The Bertz CT molecular complexity index is 5420. The number of para-hydroxylation sites is 7. The van der Waals surface area contributed by atoms with E-state index >= 15 is 0 Å². The van der Waals surface area contributed by atoms with Crippen LogP contribution in [0, 0.1) is 0 Å². The first kappa shape index (κ1) is 38.7. The Morgan fingerprint density at radius 3 is 1.42 bits per heavy atom. The largest absolute Gasteiger partial charge is 0.309 e. The van der Waals surface area contributed by atoms with Gasteiger partial charge in [0.25, 0.3) is 0 Å². The number of fused-ring (bicyclic) bond motifs is 21. The van der Waals surface area contributed by atoms with Gasteiger partial charge in [-0.2, -0.15) is 0 Å². The molecule has 0 aliphatic rings. The van der Waals surface area contributed by atoms with Gasteiger partial charge in [0.15, 0.2) is 0 Å². The molecule has 0 unspecified atom stereocenters. The topological polar surface area (TPSA) is 31.6 Å². The molecule has 7 aromatic heterocycles. The molecule has 74 heavy (non-hydrogen) atoms. The molecule has 7 heterocycles. The van der Waals surface area contributed by atoms with Crippen LogP contribution in [0.1, 0.15) is 0 Å². The molecule has 0 N–H and O–H groups in total. The lowest BCUT2D eigenvalue weighted by Crippen LogP contribution is -1.93. The van der Waals surface area contributed by atoms with Gasteiger partial charge in [0.1, 0.15) is 5.65 Å². The molecule has 18 aromatic rings. The fraction of sp³-hybridized carbons (Fsp3) is 0. The molecule has 18 rings (SSSR count). The second-order valence-electron chi connectivity index (χ2n) is 20.2. The number of rotatable bonds is 4. The summed E-state index contributed by atoms with van der Waals surface area (Å²) in [4.78, 5) is 5.64. The maximum Gasteiger partial charge on any atom is 0.146 e. The van der Waals surface area contributed by atoms with Crippen LogP contribution >= 0.6 is 0 Å². The first-order valence-electron chi connectivity index (χ1n) is 25.5. The van der Waals surface area contributed by atoms with Crippen molar-refractivity contribution in [1.29, 1.82) is 0 Å². The molecule has 0 aliphatic carbocycles. The van der Waals surface area contributed by atoms with Crippen LogP contribution in [0.25, 0.3) is 164 Å². The van der Waals surface area contributed by atoms with Crippen molar-refractivity contribution in [3.05, 3.63) is 237 Å². The van der Waals surface area contributed by atoms with Crippen LogP contribution in [0.5, 0.6) is 0 Å². The van der Waals surface area contributed by atoms with E-state index in [0.717, 1.165) is 22.5 Å². The summed E-state index contributed by atoms with van der Waals surface area (Å²) in [6.45, 7) is 0. The van der Waals surface area contributed by atoms with Crippen LogP contribution < -0.4 is 0 Å². The highest BCUT2D eigenvalue weighted by Crippen LogP contribution is 2.50. The van der Waals surface area contributed by atoms with E-state index in [0.29, 0.717) is 0 Å². The molecule has 0 aliphatic heterocycles. The van der Waals surface area contributed by atoms with Crippen LogP contribution in [0.2, 0.25) is 0 Å². The minimum Gasteiger partial charge on any atom is -0.309 e. The SMILES string of the molecule is c1ccc(-n2c3ccccc3c3cc(-c4cccc5c6cccc7c8c9c%10cccc%11c%12c%13ccccc%13cc(-c%13ccc%14c(c%13)c%13ccccc%13n%14-c%13ccccc%13)c%12n(c9ncc8n(c45)c67)c%10%11)ccc32)cc1. The molecule has 5 heteroatoms. The Morgan fingerprint density at radius 1 is 0.270 bits per heavy atom. The zero-order valence-corrected chi connectivity index (χ0v) is 39.8. The minimum absolute atomic E-state index is 0.982. The third-order valence-electron chi connectivity index (χ3n) is 16.6. The maximum absolute atomic E-state index is 5.64. The average molecular weight is 938 g/mol. The molecule has 0 amide bonds. The number of benzene rings is 11. The summed E-state index contributed by atoms with van der Waals surface area (Å²) in [5.74, 6) is 0. The highest BCUT2D eigenvalue weighted by molar-refractivity contribution is 6.37. The van der Waals surface area contributed by atoms with Gasteiger partial charge in [-0.15, -0.1) is 0 Å². The summed E-state index contributed by atoms with van der Waals surface area (Å²) < 4.78 is 9.83. The zero-order valence-electron chi connectivity index (χ0n) is 39.8. The Morgan fingerprint density at radius 2 is 0.757 bits per heavy atom. The van der Waals surface area contributed by atoms with Crippen molar-refractivity contribution in [2.45, 2.75) is 0 Å². The van der Waals surface area contributed by atoms with E-state index < -0.39 is 0 Å². The summed E-state index contributed by atoms with van der Waals surface area (Å²) >= 11 is 0. The Labute approximate surface area is 421 Å². The molecule has 0 saturated carbocycles. The van der Waals surface area contributed by atoms with Gasteiger partial charge in [-0.05, 0) is 88.6 Å². The Hall–Kier alpha value is -9.97. The lowest BCUT2D eigenvalue weighted by atomic mass is 9.94. The maximum atomic E-state index is 5.64. The Balaban J connectivity index is 0.927. The van der Waals surface area contributed by atoms with Crippen LogP contribution in [-0.2, 0) is 0 Å². The highest BCUT2D eigenvalue weighted by atomic mass is 15.0. The predicted octanol–water partition coefficient (Wildman–Crippen LogP) is 18.1. The monoisotopic (exact) mass is 937 g/mol. The third kappa shape index (κ3) is 4.77. The van der Waals surface area contributed by atoms with Gasteiger partial charge >= 0.3 is 0 Å². The standard InChI is InChI=1S/C69H39N5/c1-3-17-43(18-4-1)71-57-30-11-9-22-47(57)55-37-41(32-34-59(55)71)46-24-13-25-49-50-26-14-28-52-63-61(73(65(46)49)66(50)52)39-70-69-64(63)53-29-15-27-51-62-45-21-8-7-16-40(45)36-54(68(62)74(69)67(51)53)42-33-35-60-56(38-42)48-23-10-12-31-58(48)72(60)44-19-5-2-6-20-44/h1-39H. The quantitative estimate of drug-likeness (QED) is 0.173. The van der Waals surface area contributed by atoms with E-state index in [1.165, 1.54) is 142 Å². The van der Waals surface area contributed by atoms with Gasteiger partial charge in [-0.1, -0.05) is 164 Å². The van der Waals surface area contributed by atoms with Crippen LogP contribution in [-0.4, -0.2) is 22.9 Å². The van der Waals surface area contributed by atoms with Gasteiger partial charge in [-0.3, -0.25) is 4.40 Å². The van der Waals surface area contributed by atoms with Gasteiger partial charge in [0, 0.05) is 87.1 Å². The first-order valence-corrected chi connectivity index (χ1v) is 25.5. The molecule has 5 nitrogen and oxygen atoms in total. The molecule has 0 bridgehead atoms. The summed E-state index contributed by atoms with van der Waals surface area (Å²) in [5.41, 5.74) is 18.9. The van der Waals surface area contributed by atoms with Crippen molar-refractivity contribution in [1.82, 2.24) is 22.9 Å². The molecular weight excluding hydrogens is 899 g/mol.